The lowest BCUT2D eigenvalue weighted by molar-refractivity contribution is 0.569. The van der Waals surface area contributed by atoms with Crippen molar-refractivity contribution in [3.63, 3.8) is 0 Å². The molecule has 0 unspecified atom stereocenters. The van der Waals surface area contributed by atoms with Gasteiger partial charge in [0.05, 0.1) is 0 Å². The van der Waals surface area contributed by atoms with Gasteiger partial charge in [-0.3, -0.25) is 0 Å². The molecule has 1 aliphatic rings. The third-order valence-electron chi connectivity index (χ3n) is 4.17. The van der Waals surface area contributed by atoms with Gasteiger partial charge in [-0.25, -0.2) is 13.8 Å². The van der Waals surface area contributed by atoms with Gasteiger partial charge in [-0.15, -0.1) is 0 Å². The van der Waals surface area contributed by atoms with Crippen molar-refractivity contribution in [3.8, 4) is 0 Å². The van der Waals surface area contributed by atoms with E-state index in [-0.39, 0.29) is 5.69 Å². The minimum atomic E-state index is -0.642. The highest BCUT2D eigenvalue weighted by Crippen LogP contribution is 2.28. The smallest absolute Gasteiger partial charge is 0.229 e. The van der Waals surface area contributed by atoms with E-state index in [4.69, 9.17) is 0 Å². The number of aromatic nitrogens is 2. The highest BCUT2D eigenvalue weighted by molar-refractivity contribution is 5.69. The minimum absolute atomic E-state index is 0.285. The van der Waals surface area contributed by atoms with E-state index >= 15 is 0 Å². The Balaban J connectivity index is 1.92. The summed E-state index contributed by atoms with van der Waals surface area (Å²) in [6.07, 6.45) is 7.86. The van der Waals surface area contributed by atoms with Crippen molar-refractivity contribution in [2.45, 2.75) is 32.7 Å². The summed E-state index contributed by atoms with van der Waals surface area (Å²) < 4.78 is 26.7. The highest BCUT2D eigenvalue weighted by atomic mass is 19.1. The van der Waals surface area contributed by atoms with Gasteiger partial charge in [0.1, 0.15) is 17.5 Å². The fourth-order valence-corrected chi connectivity index (χ4v) is 2.98. The van der Waals surface area contributed by atoms with E-state index in [1.165, 1.54) is 12.1 Å². The van der Waals surface area contributed by atoms with Crippen LogP contribution >= 0.6 is 0 Å². The van der Waals surface area contributed by atoms with Crippen LogP contribution in [0.4, 0.5) is 26.2 Å². The van der Waals surface area contributed by atoms with Crippen LogP contribution in [0.3, 0.4) is 0 Å². The van der Waals surface area contributed by atoms with Crippen LogP contribution in [0.25, 0.3) is 6.08 Å². The van der Waals surface area contributed by atoms with Crippen molar-refractivity contribution in [2.75, 3.05) is 16.8 Å². The van der Waals surface area contributed by atoms with Crippen molar-refractivity contribution >= 4 is 23.5 Å². The van der Waals surface area contributed by atoms with Gasteiger partial charge < -0.3 is 10.2 Å². The number of nitrogens with zero attached hydrogens (tertiary/aromatic N) is 3. The number of fused-ring (bicyclic) bond motifs is 1. The average molecular weight is 330 g/mol. The summed E-state index contributed by atoms with van der Waals surface area (Å²) in [7, 11) is 0. The number of hydrogen-bond acceptors (Lipinski definition) is 4. The van der Waals surface area contributed by atoms with Gasteiger partial charge >= 0.3 is 0 Å². The molecule has 0 bridgehead atoms. The summed E-state index contributed by atoms with van der Waals surface area (Å²) in [6, 6.07) is 3.65. The van der Waals surface area contributed by atoms with Gasteiger partial charge in [0, 0.05) is 36.1 Å². The van der Waals surface area contributed by atoms with Crippen molar-refractivity contribution in [3.05, 3.63) is 47.7 Å². The summed E-state index contributed by atoms with van der Waals surface area (Å²) in [5, 5.41) is 2.88. The molecule has 1 N–H and O–H groups in total. The zero-order chi connectivity index (χ0) is 17.1. The quantitative estimate of drug-likeness (QED) is 0.875. The standard InChI is InChI=1S/C18H20F2N4/c1-3-16(4-2)24-7-5-6-12-11-21-18(23-17(12)24)22-15-9-13(19)8-14(20)10-15/h5-6,8-11,16H,3-4,7H2,1-2H3,(H,21,22,23). The van der Waals surface area contributed by atoms with Crippen molar-refractivity contribution < 1.29 is 8.78 Å². The van der Waals surface area contributed by atoms with Gasteiger partial charge in [-0.2, -0.15) is 4.98 Å². The van der Waals surface area contributed by atoms with E-state index in [2.05, 4.69) is 40.1 Å². The van der Waals surface area contributed by atoms with Gasteiger partial charge in [-0.05, 0) is 25.0 Å². The first-order chi connectivity index (χ1) is 11.6. The molecule has 0 atom stereocenters. The van der Waals surface area contributed by atoms with Crippen molar-refractivity contribution in [1.82, 2.24) is 9.97 Å². The molecule has 1 aliphatic heterocycles. The molecule has 0 amide bonds. The Labute approximate surface area is 140 Å². The summed E-state index contributed by atoms with van der Waals surface area (Å²) >= 11 is 0. The molecule has 24 heavy (non-hydrogen) atoms. The van der Waals surface area contributed by atoms with Crippen LogP contribution in [0.2, 0.25) is 0 Å². The first-order valence-corrected chi connectivity index (χ1v) is 8.14. The lowest BCUT2D eigenvalue weighted by Gasteiger charge is -2.33. The fraction of sp³-hybridized carbons (Fsp3) is 0.333. The number of halogens is 2. The molecular weight excluding hydrogens is 310 g/mol. The van der Waals surface area contributed by atoms with Crippen LogP contribution < -0.4 is 10.2 Å². The maximum atomic E-state index is 13.3. The van der Waals surface area contributed by atoms with Gasteiger partial charge in [0.2, 0.25) is 5.95 Å². The number of nitrogens with one attached hydrogen (secondary N) is 1. The summed E-state index contributed by atoms with van der Waals surface area (Å²) in [5.41, 5.74) is 1.23. The van der Waals surface area contributed by atoms with Gasteiger partial charge in [0.25, 0.3) is 0 Å². The molecule has 0 fully saturated rings. The molecule has 0 saturated carbocycles. The third-order valence-corrected chi connectivity index (χ3v) is 4.17. The van der Waals surface area contributed by atoms with Crippen LogP contribution in [0, 0.1) is 11.6 Å². The molecule has 0 aliphatic carbocycles. The number of anilines is 3. The van der Waals surface area contributed by atoms with E-state index in [0.717, 1.165) is 36.8 Å². The Hall–Kier alpha value is -2.50. The highest BCUT2D eigenvalue weighted by Gasteiger charge is 2.21. The van der Waals surface area contributed by atoms with Crippen LogP contribution in [-0.2, 0) is 0 Å². The molecule has 1 aromatic carbocycles. The summed E-state index contributed by atoms with van der Waals surface area (Å²) in [4.78, 5) is 11.1. The minimum Gasteiger partial charge on any atom is -0.349 e. The lowest BCUT2D eigenvalue weighted by atomic mass is 10.1. The fourth-order valence-electron chi connectivity index (χ4n) is 2.98. The van der Waals surface area contributed by atoms with E-state index in [1.807, 2.05) is 6.08 Å². The van der Waals surface area contributed by atoms with Crippen LogP contribution in [0.5, 0.6) is 0 Å². The molecule has 2 heterocycles. The van der Waals surface area contributed by atoms with Crippen molar-refractivity contribution in [2.24, 2.45) is 0 Å². The number of rotatable bonds is 5. The van der Waals surface area contributed by atoms with E-state index < -0.39 is 11.6 Å². The number of hydrogen-bond donors (Lipinski definition) is 1. The monoisotopic (exact) mass is 330 g/mol. The van der Waals surface area contributed by atoms with Crippen molar-refractivity contribution in [1.29, 1.82) is 0 Å². The molecule has 2 aromatic rings. The SMILES string of the molecule is CCC(CC)N1CC=Cc2cnc(Nc3cc(F)cc(F)c3)nc21. The van der Waals surface area contributed by atoms with Crippen LogP contribution in [-0.4, -0.2) is 22.6 Å². The topological polar surface area (TPSA) is 41.1 Å². The third kappa shape index (κ3) is 3.37. The molecule has 4 nitrogen and oxygen atoms in total. The molecule has 3 rings (SSSR count). The molecular formula is C18H20F2N4. The largest absolute Gasteiger partial charge is 0.349 e. The molecule has 1 aromatic heterocycles. The Morgan fingerprint density at radius 2 is 1.88 bits per heavy atom. The molecule has 0 radical (unpaired) electrons. The number of benzene rings is 1. The normalized spacial score (nSPS) is 13.3. The van der Waals surface area contributed by atoms with E-state index in [1.54, 1.807) is 6.20 Å². The van der Waals surface area contributed by atoms with Gasteiger partial charge in [0.15, 0.2) is 0 Å². The molecule has 0 saturated heterocycles. The van der Waals surface area contributed by atoms with E-state index in [9.17, 15) is 8.78 Å². The zero-order valence-electron chi connectivity index (χ0n) is 13.8. The van der Waals surface area contributed by atoms with Gasteiger partial charge in [-0.1, -0.05) is 26.0 Å². The maximum absolute atomic E-state index is 13.3. The first-order valence-electron chi connectivity index (χ1n) is 8.14. The van der Waals surface area contributed by atoms with Crippen LogP contribution in [0.1, 0.15) is 32.3 Å². The first kappa shape index (κ1) is 16.4. The second-order valence-electron chi connectivity index (χ2n) is 5.78. The zero-order valence-corrected chi connectivity index (χ0v) is 13.8. The Morgan fingerprint density at radius 1 is 1.17 bits per heavy atom. The Bertz CT molecular complexity index is 736. The summed E-state index contributed by atoms with van der Waals surface area (Å²) in [5.74, 6) is -0.111. The Kier molecular flexibility index (Phi) is 4.74. The second kappa shape index (κ2) is 6.95. The average Bonchev–Trinajstić information content (AvgIpc) is 2.55. The predicted octanol–water partition coefficient (Wildman–Crippen LogP) is 4.52. The Morgan fingerprint density at radius 3 is 2.54 bits per heavy atom. The van der Waals surface area contributed by atoms with Crippen LogP contribution in [0.15, 0.2) is 30.5 Å². The second-order valence-corrected chi connectivity index (χ2v) is 5.78. The molecule has 0 spiro atoms. The lowest BCUT2D eigenvalue weighted by Crippen LogP contribution is -2.37. The van der Waals surface area contributed by atoms with E-state index in [0.29, 0.717) is 12.0 Å². The predicted molar refractivity (Wildman–Crippen MR) is 92.4 cm³/mol. The molecule has 6 heteroatoms. The summed E-state index contributed by atoms with van der Waals surface area (Å²) in [6.45, 7) is 5.11. The molecule has 126 valence electrons. The maximum Gasteiger partial charge on any atom is 0.229 e.